The molecule has 0 heterocycles. The average Bonchev–Trinajstić information content (AvgIpc) is 2.51. The zero-order chi connectivity index (χ0) is 15.9. The van der Waals surface area contributed by atoms with Crippen LogP contribution in [0.15, 0.2) is 53.6 Å². The molecule has 0 unspecified atom stereocenters. The first-order valence-electron chi connectivity index (χ1n) is 6.20. The molecule has 2 aromatic carbocycles. The number of benzene rings is 2. The Balaban J connectivity index is 1.87. The van der Waals surface area contributed by atoms with Crippen molar-refractivity contribution in [3.05, 3.63) is 64.9 Å². The van der Waals surface area contributed by atoms with E-state index >= 15 is 0 Å². The highest BCUT2D eigenvalue weighted by atomic mass is 35.5. The van der Waals surface area contributed by atoms with Gasteiger partial charge < -0.3 is 5.32 Å². The van der Waals surface area contributed by atoms with Crippen molar-refractivity contribution in [2.75, 3.05) is 5.32 Å². The molecule has 0 saturated heterocycles. The lowest BCUT2D eigenvalue weighted by molar-refractivity contribution is -0.136. The zero-order valence-corrected chi connectivity index (χ0v) is 12.0. The highest BCUT2D eigenvalue weighted by Gasteiger charge is 2.12. The monoisotopic (exact) mass is 319 g/mol. The molecular formula is C15H11ClFN3O2. The van der Waals surface area contributed by atoms with Gasteiger partial charge in [0, 0.05) is 10.7 Å². The van der Waals surface area contributed by atoms with Crippen molar-refractivity contribution in [2.24, 2.45) is 5.10 Å². The smallest absolute Gasteiger partial charge is 0.318 e. The zero-order valence-electron chi connectivity index (χ0n) is 11.2. The van der Waals surface area contributed by atoms with E-state index in [-0.39, 0.29) is 0 Å². The van der Waals surface area contributed by atoms with E-state index in [0.717, 1.165) is 0 Å². The van der Waals surface area contributed by atoms with Gasteiger partial charge in [-0.25, -0.2) is 9.82 Å². The number of amides is 2. The van der Waals surface area contributed by atoms with Gasteiger partial charge >= 0.3 is 11.8 Å². The highest BCUT2D eigenvalue weighted by Crippen LogP contribution is 2.08. The molecule has 0 aliphatic carbocycles. The summed E-state index contributed by atoms with van der Waals surface area (Å²) in [6.07, 6.45) is 1.37. The minimum Gasteiger partial charge on any atom is -0.318 e. The Morgan fingerprint density at radius 1 is 1.00 bits per heavy atom. The van der Waals surface area contributed by atoms with Crippen molar-refractivity contribution in [3.8, 4) is 0 Å². The number of nitrogens with one attached hydrogen (secondary N) is 2. The minimum atomic E-state index is -0.936. The topological polar surface area (TPSA) is 70.6 Å². The largest absolute Gasteiger partial charge is 0.329 e. The molecule has 5 nitrogen and oxygen atoms in total. The molecule has 2 rings (SSSR count). The summed E-state index contributed by atoms with van der Waals surface area (Å²) in [6, 6.07) is 11.8. The molecule has 0 aliphatic heterocycles. The van der Waals surface area contributed by atoms with Crippen molar-refractivity contribution >= 4 is 35.3 Å². The fraction of sp³-hybridized carbons (Fsp3) is 0. The van der Waals surface area contributed by atoms with Gasteiger partial charge in [0.15, 0.2) is 0 Å². The first-order valence-corrected chi connectivity index (χ1v) is 6.58. The molecule has 0 bridgehead atoms. The third-order valence-electron chi connectivity index (χ3n) is 2.56. The van der Waals surface area contributed by atoms with E-state index in [1.54, 1.807) is 24.3 Å². The Kier molecular flexibility index (Phi) is 5.21. The lowest BCUT2D eigenvalue weighted by Gasteiger charge is -2.03. The minimum absolute atomic E-state index is 0.309. The van der Waals surface area contributed by atoms with E-state index in [9.17, 15) is 14.0 Å². The number of carbonyl (C=O) groups excluding carboxylic acids is 2. The Morgan fingerprint density at radius 2 is 1.64 bits per heavy atom. The number of carbonyl (C=O) groups is 2. The Morgan fingerprint density at radius 3 is 2.27 bits per heavy atom. The van der Waals surface area contributed by atoms with Gasteiger partial charge in [0.1, 0.15) is 5.82 Å². The van der Waals surface area contributed by atoms with Gasteiger partial charge in [0.05, 0.1) is 6.21 Å². The second-order valence-electron chi connectivity index (χ2n) is 4.21. The Labute approximate surface area is 130 Å². The molecule has 2 N–H and O–H groups in total. The molecular weight excluding hydrogens is 309 g/mol. The number of halogens is 2. The van der Waals surface area contributed by atoms with E-state index < -0.39 is 17.6 Å². The second-order valence-corrected chi connectivity index (χ2v) is 4.65. The van der Waals surface area contributed by atoms with Crippen LogP contribution in [-0.2, 0) is 9.59 Å². The van der Waals surface area contributed by atoms with Crippen LogP contribution in [0.2, 0.25) is 5.02 Å². The molecule has 22 heavy (non-hydrogen) atoms. The SMILES string of the molecule is O=C(N/N=C\c1ccc(Cl)cc1)C(=O)Nc1ccc(F)cc1. The summed E-state index contributed by atoms with van der Waals surface area (Å²) in [5, 5.41) is 6.56. The highest BCUT2D eigenvalue weighted by molar-refractivity contribution is 6.39. The second kappa shape index (κ2) is 7.33. The van der Waals surface area contributed by atoms with Crippen LogP contribution in [0.5, 0.6) is 0 Å². The van der Waals surface area contributed by atoms with Crippen molar-refractivity contribution in [3.63, 3.8) is 0 Å². The third-order valence-corrected chi connectivity index (χ3v) is 2.81. The molecule has 0 aromatic heterocycles. The molecule has 112 valence electrons. The molecule has 2 aromatic rings. The number of hydrazone groups is 1. The molecule has 0 saturated carbocycles. The Hall–Kier alpha value is -2.73. The summed E-state index contributed by atoms with van der Waals surface area (Å²) in [4.78, 5) is 23.1. The van der Waals surface area contributed by atoms with Gasteiger partial charge in [0.2, 0.25) is 0 Å². The number of rotatable bonds is 3. The average molecular weight is 320 g/mol. The Bertz CT molecular complexity index is 700. The fourth-order valence-corrected chi connectivity index (χ4v) is 1.61. The number of hydrogen-bond donors (Lipinski definition) is 2. The third kappa shape index (κ3) is 4.68. The van der Waals surface area contributed by atoms with Crippen LogP contribution >= 0.6 is 11.6 Å². The standard InChI is InChI=1S/C15H11ClFN3O2/c16-11-3-1-10(2-4-11)9-18-20-15(22)14(21)19-13-7-5-12(17)6-8-13/h1-9H,(H,19,21)(H,20,22)/b18-9-. The first-order chi connectivity index (χ1) is 10.5. The first kappa shape index (κ1) is 15.7. The summed E-state index contributed by atoms with van der Waals surface area (Å²) in [5.41, 5.74) is 3.11. The van der Waals surface area contributed by atoms with E-state index in [1.807, 2.05) is 0 Å². The lowest BCUT2D eigenvalue weighted by Crippen LogP contribution is -2.32. The van der Waals surface area contributed by atoms with E-state index in [0.29, 0.717) is 16.3 Å². The van der Waals surface area contributed by atoms with Gasteiger partial charge in [-0.15, -0.1) is 0 Å². The van der Waals surface area contributed by atoms with E-state index in [4.69, 9.17) is 11.6 Å². The van der Waals surface area contributed by atoms with Crippen molar-refractivity contribution < 1.29 is 14.0 Å². The maximum absolute atomic E-state index is 12.7. The van der Waals surface area contributed by atoms with Crippen molar-refractivity contribution in [1.29, 1.82) is 0 Å². The van der Waals surface area contributed by atoms with E-state index in [2.05, 4.69) is 15.8 Å². The van der Waals surface area contributed by atoms with Gasteiger partial charge in [-0.2, -0.15) is 5.10 Å². The van der Waals surface area contributed by atoms with Gasteiger partial charge in [-0.1, -0.05) is 23.7 Å². The van der Waals surface area contributed by atoms with Crippen molar-refractivity contribution in [1.82, 2.24) is 5.43 Å². The molecule has 0 spiro atoms. The van der Waals surface area contributed by atoms with Crippen LogP contribution in [-0.4, -0.2) is 18.0 Å². The molecule has 7 heteroatoms. The summed E-state index contributed by atoms with van der Waals surface area (Å²) in [5.74, 6) is -2.27. The van der Waals surface area contributed by atoms with Crippen LogP contribution in [0.3, 0.4) is 0 Å². The summed E-state index contributed by atoms with van der Waals surface area (Å²) in [7, 11) is 0. The quantitative estimate of drug-likeness (QED) is 0.518. The summed E-state index contributed by atoms with van der Waals surface area (Å²) < 4.78 is 12.7. The van der Waals surface area contributed by atoms with E-state index in [1.165, 1.54) is 30.5 Å². The van der Waals surface area contributed by atoms with Crippen molar-refractivity contribution in [2.45, 2.75) is 0 Å². The summed E-state index contributed by atoms with van der Waals surface area (Å²) >= 11 is 5.73. The van der Waals surface area contributed by atoms with Gasteiger partial charge in [-0.05, 0) is 42.0 Å². The van der Waals surface area contributed by atoms with Gasteiger partial charge in [-0.3, -0.25) is 9.59 Å². The molecule has 0 atom stereocenters. The lowest BCUT2D eigenvalue weighted by atomic mass is 10.2. The molecule has 0 aliphatic rings. The molecule has 0 radical (unpaired) electrons. The van der Waals surface area contributed by atoms with Crippen LogP contribution in [0.25, 0.3) is 0 Å². The summed E-state index contributed by atoms with van der Waals surface area (Å²) in [6.45, 7) is 0. The number of nitrogens with zero attached hydrogens (tertiary/aromatic N) is 1. The molecule has 2 amide bonds. The number of anilines is 1. The van der Waals surface area contributed by atoms with Crippen LogP contribution in [0.4, 0.5) is 10.1 Å². The maximum Gasteiger partial charge on any atom is 0.329 e. The predicted molar refractivity (Wildman–Crippen MR) is 82.2 cm³/mol. The maximum atomic E-state index is 12.7. The van der Waals surface area contributed by atoms with Crippen LogP contribution in [0.1, 0.15) is 5.56 Å². The number of hydrogen-bond acceptors (Lipinski definition) is 3. The van der Waals surface area contributed by atoms with Crippen LogP contribution < -0.4 is 10.7 Å². The van der Waals surface area contributed by atoms with Gasteiger partial charge in [0.25, 0.3) is 0 Å². The van der Waals surface area contributed by atoms with Crippen LogP contribution in [0, 0.1) is 5.82 Å². The normalized spacial score (nSPS) is 10.5. The predicted octanol–water partition coefficient (Wildman–Crippen LogP) is 2.57. The molecule has 0 fully saturated rings. The fourth-order valence-electron chi connectivity index (χ4n) is 1.49.